The van der Waals surface area contributed by atoms with Gasteiger partial charge in [-0.05, 0) is 30.5 Å². The van der Waals surface area contributed by atoms with Crippen LogP contribution >= 0.6 is 11.6 Å². The number of benzene rings is 1. The van der Waals surface area contributed by atoms with Crippen LogP contribution in [0, 0.1) is 0 Å². The average Bonchev–Trinajstić information content (AvgIpc) is 3.20. The first kappa shape index (κ1) is 13.1. The van der Waals surface area contributed by atoms with Crippen molar-refractivity contribution >= 4 is 17.5 Å². The highest BCUT2D eigenvalue weighted by molar-refractivity contribution is 6.29. The van der Waals surface area contributed by atoms with Gasteiger partial charge in [0, 0.05) is 12.6 Å². The summed E-state index contributed by atoms with van der Waals surface area (Å²) in [6.07, 6.45) is 1.84. The number of hydrogen-bond donors (Lipinski definition) is 0. The number of carbonyl (C=O) groups is 1. The van der Waals surface area contributed by atoms with Gasteiger partial charge in [-0.2, -0.15) is 0 Å². The Hall–Kier alpha value is -1.29. The number of halogens is 2. The lowest BCUT2D eigenvalue weighted by Gasteiger charge is -2.22. The minimum atomic E-state index is -1.95. The van der Waals surface area contributed by atoms with Gasteiger partial charge in [-0.3, -0.25) is 4.79 Å². The van der Waals surface area contributed by atoms with Crippen molar-refractivity contribution in [1.29, 1.82) is 0 Å². The van der Waals surface area contributed by atoms with E-state index in [0.717, 1.165) is 24.2 Å². The Bertz CT molecular complexity index is 418. The molecule has 1 aliphatic carbocycles. The summed E-state index contributed by atoms with van der Waals surface area (Å²) in [5.74, 6) is 0.110. The van der Waals surface area contributed by atoms with Gasteiger partial charge in [0.25, 0.3) is 11.5 Å². The molecule has 0 bridgehead atoms. The van der Waals surface area contributed by atoms with Crippen LogP contribution in [0.1, 0.15) is 18.4 Å². The molecule has 5 heteroatoms. The molecule has 1 amide bonds. The van der Waals surface area contributed by atoms with E-state index in [-0.39, 0.29) is 6.04 Å². The summed E-state index contributed by atoms with van der Waals surface area (Å²) < 4.78 is 18.0. The molecule has 98 valence electrons. The first-order valence-corrected chi connectivity index (χ1v) is 6.27. The van der Waals surface area contributed by atoms with E-state index in [1.165, 1.54) is 4.90 Å². The minimum absolute atomic E-state index is 0.136. The molecule has 1 aliphatic rings. The van der Waals surface area contributed by atoms with E-state index in [1.807, 2.05) is 24.3 Å². The second-order valence-corrected chi connectivity index (χ2v) is 4.73. The summed E-state index contributed by atoms with van der Waals surface area (Å²) in [7, 11) is 1.59. The molecule has 3 nitrogen and oxygen atoms in total. The quantitative estimate of drug-likeness (QED) is 0.771. The molecular formula is C13H15ClFNO2. The van der Waals surface area contributed by atoms with Crippen LogP contribution < -0.4 is 4.74 Å². The Morgan fingerprint density at radius 1 is 1.50 bits per heavy atom. The first-order chi connectivity index (χ1) is 8.61. The SMILES string of the molecule is COc1ccc(CN(C(=O)C(F)Cl)C2CC2)cc1. The highest BCUT2D eigenvalue weighted by atomic mass is 35.5. The number of amides is 1. The molecule has 1 fully saturated rings. The van der Waals surface area contributed by atoms with Gasteiger partial charge < -0.3 is 9.64 Å². The molecule has 0 radical (unpaired) electrons. The molecule has 1 atom stereocenters. The van der Waals surface area contributed by atoms with E-state index >= 15 is 0 Å². The van der Waals surface area contributed by atoms with Crippen LogP contribution in [0.3, 0.4) is 0 Å². The highest BCUT2D eigenvalue weighted by Gasteiger charge is 2.35. The largest absolute Gasteiger partial charge is 0.497 e. The number of nitrogens with zero attached hydrogens (tertiary/aromatic N) is 1. The molecule has 1 unspecified atom stereocenters. The second-order valence-electron chi connectivity index (χ2n) is 4.35. The molecule has 0 saturated heterocycles. The molecule has 18 heavy (non-hydrogen) atoms. The third kappa shape index (κ3) is 3.13. The third-order valence-corrected chi connectivity index (χ3v) is 3.16. The Labute approximate surface area is 110 Å². The fourth-order valence-electron chi connectivity index (χ4n) is 1.83. The molecule has 1 saturated carbocycles. The van der Waals surface area contributed by atoms with Crippen LogP contribution in [0.5, 0.6) is 5.75 Å². The van der Waals surface area contributed by atoms with Gasteiger partial charge in [0.15, 0.2) is 0 Å². The molecule has 1 aromatic carbocycles. The van der Waals surface area contributed by atoms with Crippen LogP contribution in [0.2, 0.25) is 0 Å². The monoisotopic (exact) mass is 271 g/mol. The molecular weight excluding hydrogens is 257 g/mol. The van der Waals surface area contributed by atoms with Crippen molar-refractivity contribution < 1.29 is 13.9 Å². The normalized spacial score (nSPS) is 16.2. The highest BCUT2D eigenvalue weighted by Crippen LogP contribution is 2.30. The van der Waals surface area contributed by atoms with Crippen LogP contribution in [-0.4, -0.2) is 29.6 Å². The van der Waals surface area contributed by atoms with Gasteiger partial charge in [0.2, 0.25) is 0 Å². The third-order valence-electron chi connectivity index (χ3n) is 2.97. The molecule has 1 aromatic rings. The topological polar surface area (TPSA) is 29.5 Å². The molecule has 0 N–H and O–H groups in total. The van der Waals surface area contributed by atoms with E-state index in [4.69, 9.17) is 16.3 Å². The number of alkyl halides is 2. The lowest BCUT2D eigenvalue weighted by molar-refractivity contribution is -0.134. The molecule has 0 spiro atoms. The summed E-state index contributed by atoms with van der Waals surface area (Å²) in [4.78, 5) is 13.2. The maximum absolute atomic E-state index is 12.9. The maximum Gasteiger partial charge on any atom is 0.273 e. The minimum Gasteiger partial charge on any atom is -0.497 e. The zero-order valence-electron chi connectivity index (χ0n) is 10.1. The van der Waals surface area contributed by atoms with E-state index < -0.39 is 11.5 Å². The Morgan fingerprint density at radius 3 is 2.56 bits per heavy atom. The Balaban J connectivity index is 2.06. The maximum atomic E-state index is 12.9. The van der Waals surface area contributed by atoms with Gasteiger partial charge >= 0.3 is 0 Å². The van der Waals surface area contributed by atoms with Crippen LogP contribution in [-0.2, 0) is 11.3 Å². The predicted molar refractivity (Wildman–Crippen MR) is 67.3 cm³/mol. The zero-order valence-corrected chi connectivity index (χ0v) is 10.9. The number of ether oxygens (including phenoxy) is 1. The lowest BCUT2D eigenvalue weighted by Crippen LogP contribution is -2.36. The second kappa shape index (κ2) is 5.57. The summed E-state index contributed by atoms with van der Waals surface area (Å²) in [6, 6.07) is 7.50. The van der Waals surface area contributed by atoms with Crippen molar-refractivity contribution in [2.75, 3.05) is 7.11 Å². The van der Waals surface area contributed by atoms with Crippen LogP contribution in [0.25, 0.3) is 0 Å². The molecule has 2 rings (SSSR count). The van der Waals surface area contributed by atoms with Gasteiger partial charge in [-0.15, -0.1) is 0 Å². The van der Waals surface area contributed by atoms with Gasteiger partial charge in [0.1, 0.15) is 5.75 Å². The van der Waals surface area contributed by atoms with Crippen LogP contribution in [0.15, 0.2) is 24.3 Å². The summed E-state index contributed by atoms with van der Waals surface area (Å²) >= 11 is 5.23. The van der Waals surface area contributed by atoms with Crippen LogP contribution in [0.4, 0.5) is 4.39 Å². The van der Waals surface area contributed by atoms with E-state index in [1.54, 1.807) is 7.11 Å². The van der Waals surface area contributed by atoms with Gasteiger partial charge in [-0.25, -0.2) is 4.39 Å². The van der Waals surface area contributed by atoms with Crippen molar-refractivity contribution in [1.82, 2.24) is 4.90 Å². The van der Waals surface area contributed by atoms with Crippen molar-refractivity contribution in [3.63, 3.8) is 0 Å². The number of carbonyl (C=O) groups excluding carboxylic acids is 1. The lowest BCUT2D eigenvalue weighted by atomic mass is 10.2. The van der Waals surface area contributed by atoms with Crippen molar-refractivity contribution in [2.24, 2.45) is 0 Å². The van der Waals surface area contributed by atoms with Crippen molar-refractivity contribution in [3.05, 3.63) is 29.8 Å². The summed E-state index contributed by atoms with van der Waals surface area (Å²) in [5.41, 5.74) is -1.02. The standard InChI is InChI=1S/C13H15ClFNO2/c1-18-11-6-2-9(3-7-11)8-16(10-4-5-10)13(17)12(14)15/h2-3,6-7,10,12H,4-5,8H2,1H3. The number of hydrogen-bond acceptors (Lipinski definition) is 2. The van der Waals surface area contributed by atoms with E-state index in [0.29, 0.717) is 6.54 Å². The first-order valence-electron chi connectivity index (χ1n) is 5.83. The van der Waals surface area contributed by atoms with Gasteiger partial charge in [-0.1, -0.05) is 23.7 Å². The summed E-state index contributed by atoms with van der Waals surface area (Å²) in [6.45, 7) is 0.390. The average molecular weight is 272 g/mol. The Kier molecular flexibility index (Phi) is 4.07. The van der Waals surface area contributed by atoms with Crippen molar-refractivity contribution in [2.45, 2.75) is 31.1 Å². The fourth-order valence-corrected chi connectivity index (χ4v) is 1.95. The smallest absolute Gasteiger partial charge is 0.273 e. The number of methoxy groups -OCH3 is 1. The van der Waals surface area contributed by atoms with Gasteiger partial charge in [0.05, 0.1) is 7.11 Å². The summed E-state index contributed by atoms with van der Waals surface area (Å²) in [5, 5.41) is 0. The molecule has 0 aliphatic heterocycles. The fraction of sp³-hybridized carbons (Fsp3) is 0.462. The predicted octanol–water partition coefficient (Wildman–Crippen LogP) is 2.72. The molecule has 0 aromatic heterocycles. The Morgan fingerprint density at radius 2 is 2.11 bits per heavy atom. The van der Waals surface area contributed by atoms with E-state index in [9.17, 15) is 9.18 Å². The van der Waals surface area contributed by atoms with E-state index in [2.05, 4.69) is 0 Å². The van der Waals surface area contributed by atoms with Crippen molar-refractivity contribution in [3.8, 4) is 5.75 Å². The molecule has 0 heterocycles. The number of rotatable bonds is 5. The zero-order chi connectivity index (χ0) is 13.1.